The third-order valence-corrected chi connectivity index (χ3v) is 6.23. The Hall–Kier alpha value is -4.82. The highest BCUT2D eigenvalue weighted by molar-refractivity contribution is 5.69. The van der Waals surface area contributed by atoms with Crippen molar-refractivity contribution in [2.24, 2.45) is 0 Å². The van der Waals surface area contributed by atoms with E-state index in [1.165, 1.54) is 16.7 Å². The summed E-state index contributed by atoms with van der Waals surface area (Å²) in [6, 6.07) is 47.6. The third kappa shape index (κ3) is 7.37. The molecule has 6 rings (SSSR count). The molecule has 0 saturated carbocycles. The van der Waals surface area contributed by atoms with Crippen LogP contribution < -0.4 is 0 Å². The predicted octanol–water partition coefficient (Wildman–Crippen LogP) is 10.2. The van der Waals surface area contributed by atoms with Crippen molar-refractivity contribution in [1.82, 2.24) is 9.97 Å². The number of rotatable bonds is 4. The van der Waals surface area contributed by atoms with Crippen LogP contribution >= 0.6 is 0 Å². The Morgan fingerprint density at radius 1 is 0.359 bits per heavy atom. The fourth-order valence-corrected chi connectivity index (χ4v) is 4.20. The maximum Gasteiger partial charge on any atom is 0.0702 e. The first kappa shape index (κ1) is 27.2. The van der Waals surface area contributed by atoms with Gasteiger partial charge in [-0.25, -0.2) is 0 Å². The minimum Gasteiger partial charge on any atom is -0.256 e. The molecule has 0 aliphatic carbocycles. The van der Waals surface area contributed by atoms with Gasteiger partial charge in [-0.2, -0.15) is 0 Å². The highest BCUT2D eigenvalue weighted by Gasteiger charge is 2.03. The Morgan fingerprint density at radius 3 is 1.21 bits per heavy atom. The van der Waals surface area contributed by atoms with Crippen LogP contribution in [-0.2, 0) is 0 Å². The van der Waals surface area contributed by atoms with Gasteiger partial charge in [0.15, 0.2) is 0 Å². The third-order valence-electron chi connectivity index (χ3n) is 6.23. The van der Waals surface area contributed by atoms with Crippen molar-refractivity contribution in [2.75, 3.05) is 0 Å². The van der Waals surface area contributed by atoms with E-state index in [0.29, 0.717) is 0 Å². The molecule has 2 heteroatoms. The van der Waals surface area contributed by atoms with E-state index in [-0.39, 0.29) is 0 Å². The first-order chi connectivity index (χ1) is 19.3. The number of nitrogens with zero attached hydrogens (tertiary/aromatic N) is 2. The van der Waals surface area contributed by atoms with Crippen LogP contribution in [0.2, 0.25) is 0 Å². The van der Waals surface area contributed by atoms with Crippen LogP contribution in [0.15, 0.2) is 152 Å². The maximum absolute atomic E-state index is 4.57. The van der Waals surface area contributed by atoms with Gasteiger partial charge in [-0.1, -0.05) is 141 Å². The molecular weight excluding hydrogens is 472 g/mol. The van der Waals surface area contributed by atoms with Crippen LogP contribution in [0.25, 0.3) is 44.8 Å². The second-order valence-electron chi connectivity index (χ2n) is 8.78. The summed E-state index contributed by atoms with van der Waals surface area (Å²) in [5.41, 5.74) is 10.4. The summed E-state index contributed by atoms with van der Waals surface area (Å²) in [6.07, 6.45) is 3.88. The molecule has 0 aliphatic rings. The zero-order chi connectivity index (χ0) is 27.3. The number of aromatic nitrogens is 2. The second-order valence-corrected chi connectivity index (χ2v) is 8.78. The summed E-state index contributed by atoms with van der Waals surface area (Å²) >= 11 is 0. The Bertz CT molecular complexity index is 1470. The molecule has 6 aromatic rings. The fourth-order valence-electron chi connectivity index (χ4n) is 4.20. The molecule has 2 aromatic heterocycles. The van der Waals surface area contributed by atoms with Gasteiger partial charge in [-0.3, -0.25) is 9.97 Å². The van der Waals surface area contributed by atoms with E-state index in [0.717, 1.165) is 33.6 Å². The fraction of sp³-hybridized carbons (Fsp3) is 0.0811. The van der Waals surface area contributed by atoms with Crippen molar-refractivity contribution < 1.29 is 0 Å². The number of benzene rings is 4. The van der Waals surface area contributed by atoms with E-state index in [2.05, 4.69) is 102 Å². The quantitative estimate of drug-likeness (QED) is 0.238. The van der Waals surface area contributed by atoms with Gasteiger partial charge in [-0.05, 0) is 35.7 Å². The van der Waals surface area contributed by atoms with E-state index >= 15 is 0 Å². The molecule has 39 heavy (non-hydrogen) atoms. The van der Waals surface area contributed by atoms with E-state index in [1.54, 1.807) is 0 Å². The van der Waals surface area contributed by atoms with Crippen molar-refractivity contribution >= 4 is 0 Å². The monoisotopic (exact) mass is 506 g/mol. The first-order valence-corrected chi connectivity index (χ1v) is 13.4. The molecular formula is C37H34N2. The SMILES string of the molecule is CC.Cc1ccccc1-c1ccc(-c2ccccc2)nc1.c1ccc(-c2ccc(-c3ccccc3)nc2)cc1. The number of hydrogen-bond acceptors (Lipinski definition) is 2. The Kier molecular flexibility index (Phi) is 9.92. The molecule has 0 fully saturated rings. The van der Waals surface area contributed by atoms with Gasteiger partial charge < -0.3 is 0 Å². The molecule has 0 spiro atoms. The second kappa shape index (κ2) is 14.2. The maximum atomic E-state index is 4.57. The topological polar surface area (TPSA) is 25.8 Å². The molecule has 2 nitrogen and oxygen atoms in total. The molecule has 0 unspecified atom stereocenters. The van der Waals surface area contributed by atoms with E-state index in [4.69, 9.17) is 0 Å². The molecule has 0 bridgehead atoms. The summed E-state index contributed by atoms with van der Waals surface area (Å²) < 4.78 is 0. The van der Waals surface area contributed by atoms with Crippen LogP contribution in [0.3, 0.4) is 0 Å². The smallest absolute Gasteiger partial charge is 0.0702 e. The van der Waals surface area contributed by atoms with Gasteiger partial charge in [0.2, 0.25) is 0 Å². The van der Waals surface area contributed by atoms with Gasteiger partial charge in [0.1, 0.15) is 0 Å². The lowest BCUT2D eigenvalue weighted by Crippen LogP contribution is -1.86. The summed E-state index contributed by atoms with van der Waals surface area (Å²) in [5.74, 6) is 0. The number of aryl methyl sites for hydroxylation is 1. The lowest BCUT2D eigenvalue weighted by Gasteiger charge is -2.06. The van der Waals surface area contributed by atoms with Gasteiger partial charge in [-0.15, -0.1) is 0 Å². The highest BCUT2D eigenvalue weighted by Crippen LogP contribution is 2.25. The van der Waals surface area contributed by atoms with Crippen molar-refractivity contribution in [3.63, 3.8) is 0 Å². The van der Waals surface area contributed by atoms with Crippen molar-refractivity contribution in [2.45, 2.75) is 20.8 Å². The predicted molar refractivity (Wildman–Crippen MR) is 166 cm³/mol. The summed E-state index contributed by atoms with van der Waals surface area (Å²) in [5, 5.41) is 0. The first-order valence-electron chi connectivity index (χ1n) is 13.4. The normalized spacial score (nSPS) is 9.92. The Morgan fingerprint density at radius 2 is 0.769 bits per heavy atom. The van der Waals surface area contributed by atoms with Gasteiger partial charge in [0.05, 0.1) is 11.4 Å². The van der Waals surface area contributed by atoms with Gasteiger partial charge in [0.25, 0.3) is 0 Å². The molecule has 192 valence electrons. The molecule has 4 aromatic carbocycles. The van der Waals surface area contributed by atoms with Gasteiger partial charge >= 0.3 is 0 Å². The average molecular weight is 507 g/mol. The van der Waals surface area contributed by atoms with E-state index < -0.39 is 0 Å². The van der Waals surface area contributed by atoms with Crippen LogP contribution in [0.4, 0.5) is 0 Å². The van der Waals surface area contributed by atoms with Crippen molar-refractivity contribution in [3.8, 4) is 44.8 Å². The molecule has 0 saturated heterocycles. The lowest BCUT2D eigenvalue weighted by molar-refractivity contribution is 1.32. The number of hydrogen-bond donors (Lipinski definition) is 0. The highest BCUT2D eigenvalue weighted by atomic mass is 14.7. The van der Waals surface area contributed by atoms with Crippen LogP contribution in [0, 0.1) is 6.92 Å². The Labute approximate surface area is 232 Å². The lowest BCUT2D eigenvalue weighted by atomic mass is 10.0. The Balaban J connectivity index is 0.000000170. The van der Waals surface area contributed by atoms with E-state index in [1.807, 2.05) is 80.8 Å². The minimum atomic E-state index is 1.01. The molecule has 0 aliphatic heterocycles. The molecule has 2 heterocycles. The van der Waals surface area contributed by atoms with Crippen molar-refractivity contribution in [3.05, 3.63) is 157 Å². The zero-order valence-corrected chi connectivity index (χ0v) is 22.8. The van der Waals surface area contributed by atoms with Crippen LogP contribution in [0.5, 0.6) is 0 Å². The average Bonchev–Trinajstić information content (AvgIpc) is 3.04. The molecule has 0 radical (unpaired) electrons. The summed E-state index contributed by atoms with van der Waals surface area (Å²) in [4.78, 5) is 9.09. The largest absolute Gasteiger partial charge is 0.256 e. The zero-order valence-electron chi connectivity index (χ0n) is 22.8. The van der Waals surface area contributed by atoms with Crippen LogP contribution in [0.1, 0.15) is 19.4 Å². The standard InChI is InChI=1S/C18H15N.C17H13N.C2H6/c1-14-7-5-6-10-17(14)16-11-12-18(19-13-16)15-8-3-2-4-9-15;1-3-7-14(8-4-1)16-11-12-17(18-13-16)15-9-5-2-6-10-15;1-2/h2-13H,1H3;1-13H;1-2H3. The van der Waals surface area contributed by atoms with Crippen LogP contribution in [-0.4, -0.2) is 9.97 Å². The van der Waals surface area contributed by atoms with Crippen molar-refractivity contribution in [1.29, 1.82) is 0 Å². The minimum absolute atomic E-state index is 1.01. The number of pyridine rings is 2. The summed E-state index contributed by atoms with van der Waals surface area (Å²) in [6.45, 7) is 6.13. The molecule has 0 atom stereocenters. The molecule has 0 amide bonds. The van der Waals surface area contributed by atoms with E-state index in [9.17, 15) is 0 Å². The van der Waals surface area contributed by atoms with Gasteiger partial charge in [0, 0.05) is 34.6 Å². The summed E-state index contributed by atoms with van der Waals surface area (Å²) in [7, 11) is 0. The molecule has 0 N–H and O–H groups in total.